The van der Waals surface area contributed by atoms with Crippen LogP contribution in [0.3, 0.4) is 0 Å². The van der Waals surface area contributed by atoms with E-state index < -0.39 is 15.4 Å². The van der Waals surface area contributed by atoms with Gasteiger partial charge in [0.05, 0.1) is 18.1 Å². The molecule has 0 aromatic carbocycles. The monoisotopic (exact) mass is 253 g/mol. The number of pyridine rings is 1. The average Bonchev–Trinajstić information content (AvgIpc) is 2.45. The number of anilines is 1. The van der Waals surface area contributed by atoms with Gasteiger partial charge in [-0.15, -0.1) is 0 Å². The van der Waals surface area contributed by atoms with Crippen molar-refractivity contribution in [1.82, 2.24) is 9.29 Å². The van der Waals surface area contributed by atoms with Crippen molar-refractivity contribution in [2.24, 2.45) is 0 Å². The highest BCUT2D eigenvalue weighted by molar-refractivity contribution is 7.88. The highest BCUT2D eigenvalue weighted by Gasteiger charge is 2.57. The van der Waals surface area contributed by atoms with E-state index in [4.69, 9.17) is 0 Å². The Morgan fingerprint density at radius 1 is 1.47 bits per heavy atom. The number of rotatable bonds is 1. The zero-order valence-corrected chi connectivity index (χ0v) is 9.99. The summed E-state index contributed by atoms with van der Waals surface area (Å²) in [4.78, 5) is 15.9. The number of fused-ring (bicyclic) bond motifs is 2. The number of aromatic nitrogens is 1. The third-order valence-corrected chi connectivity index (χ3v) is 4.58. The van der Waals surface area contributed by atoms with E-state index in [0.29, 0.717) is 5.69 Å². The van der Waals surface area contributed by atoms with Crippen LogP contribution in [0.15, 0.2) is 18.5 Å². The maximum atomic E-state index is 11.9. The quantitative estimate of drug-likeness (QED) is 0.735. The molecule has 0 radical (unpaired) electrons. The lowest BCUT2D eigenvalue weighted by atomic mass is 9.76. The molecule has 0 aliphatic carbocycles. The standard InChI is InChI=1S/C10H11N3O3S/c1-17(15,16)13-5-10(6-13)7-2-3-11-4-8(7)12-9(10)14/h2-4H,5-6H2,1H3,(H,12,14). The van der Waals surface area contributed by atoms with Crippen molar-refractivity contribution in [2.45, 2.75) is 5.41 Å². The number of hydrogen-bond acceptors (Lipinski definition) is 4. The molecule has 90 valence electrons. The maximum absolute atomic E-state index is 11.9. The van der Waals surface area contributed by atoms with Gasteiger partial charge in [-0.05, 0) is 11.6 Å². The Labute approximate surface area is 98.7 Å². The molecule has 2 aliphatic rings. The minimum Gasteiger partial charge on any atom is -0.324 e. The van der Waals surface area contributed by atoms with Crippen molar-refractivity contribution in [3.63, 3.8) is 0 Å². The Morgan fingerprint density at radius 2 is 2.18 bits per heavy atom. The molecule has 7 heteroatoms. The van der Waals surface area contributed by atoms with E-state index in [2.05, 4.69) is 10.3 Å². The minimum atomic E-state index is -3.22. The van der Waals surface area contributed by atoms with E-state index >= 15 is 0 Å². The normalized spacial score (nSPS) is 22.1. The van der Waals surface area contributed by atoms with Crippen LogP contribution in [0.5, 0.6) is 0 Å². The first-order valence-electron chi connectivity index (χ1n) is 5.14. The molecule has 3 heterocycles. The van der Waals surface area contributed by atoms with E-state index in [1.165, 1.54) is 4.31 Å². The van der Waals surface area contributed by atoms with Crippen LogP contribution in [0, 0.1) is 0 Å². The number of nitrogens with one attached hydrogen (secondary N) is 1. The molecule has 1 amide bonds. The summed E-state index contributed by atoms with van der Waals surface area (Å²) < 4.78 is 24.0. The molecule has 3 rings (SSSR count). The third-order valence-electron chi connectivity index (χ3n) is 3.38. The number of nitrogens with zero attached hydrogens (tertiary/aromatic N) is 2. The van der Waals surface area contributed by atoms with E-state index in [9.17, 15) is 13.2 Å². The Hall–Kier alpha value is -1.47. The SMILES string of the molecule is CS(=O)(=O)N1CC2(C1)C(=O)Nc1cnccc12. The second kappa shape index (κ2) is 3.05. The van der Waals surface area contributed by atoms with Crippen LogP contribution < -0.4 is 5.32 Å². The molecule has 1 N–H and O–H groups in total. The Balaban J connectivity index is 1.99. The first kappa shape index (κ1) is 10.7. The van der Waals surface area contributed by atoms with Gasteiger partial charge in [0.25, 0.3) is 0 Å². The smallest absolute Gasteiger partial charge is 0.237 e. The van der Waals surface area contributed by atoms with Gasteiger partial charge >= 0.3 is 0 Å². The summed E-state index contributed by atoms with van der Waals surface area (Å²) in [7, 11) is -3.22. The molecule has 1 spiro atoms. The van der Waals surface area contributed by atoms with Crippen molar-refractivity contribution in [3.05, 3.63) is 24.0 Å². The molecule has 0 unspecified atom stereocenters. The van der Waals surface area contributed by atoms with Crippen LogP contribution >= 0.6 is 0 Å². The van der Waals surface area contributed by atoms with Gasteiger partial charge in [-0.2, -0.15) is 4.31 Å². The highest BCUT2D eigenvalue weighted by atomic mass is 32.2. The summed E-state index contributed by atoms with van der Waals surface area (Å²) in [6.45, 7) is 0.434. The van der Waals surface area contributed by atoms with Crippen LogP contribution in [0.4, 0.5) is 5.69 Å². The number of sulfonamides is 1. The summed E-state index contributed by atoms with van der Waals surface area (Å²) in [5, 5.41) is 2.74. The first-order chi connectivity index (χ1) is 7.93. The lowest BCUT2D eigenvalue weighted by Gasteiger charge is -2.44. The molecule has 0 saturated carbocycles. The second-order valence-corrected chi connectivity index (χ2v) is 6.47. The van der Waals surface area contributed by atoms with Gasteiger partial charge in [-0.3, -0.25) is 9.78 Å². The number of hydrogen-bond donors (Lipinski definition) is 1. The Kier molecular flexibility index (Phi) is 1.91. The van der Waals surface area contributed by atoms with Crippen molar-refractivity contribution in [2.75, 3.05) is 24.7 Å². The molecule has 2 aliphatic heterocycles. The number of amides is 1. The van der Waals surface area contributed by atoms with Crippen molar-refractivity contribution in [3.8, 4) is 0 Å². The summed E-state index contributed by atoms with van der Waals surface area (Å²) in [6, 6.07) is 1.77. The molecule has 0 atom stereocenters. The lowest BCUT2D eigenvalue weighted by Crippen LogP contribution is -2.63. The fourth-order valence-electron chi connectivity index (χ4n) is 2.38. The van der Waals surface area contributed by atoms with Crippen LogP contribution in [0.25, 0.3) is 0 Å². The van der Waals surface area contributed by atoms with E-state index in [0.717, 1.165) is 11.8 Å². The van der Waals surface area contributed by atoms with E-state index in [-0.39, 0.29) is 19.0 Å². The van der Waals surface area contributed by atoms with Crippen molar-refractivity contribution >= 4 is 21.6 Å². The summed E-state index contributed by atoms with van der Waals surface area (Å²) in [5.74, 6) is -0.139. The molecule has 17 heavy (non-hydrogen) atoms. The fraction of sp³-hybridized carbons (Fsp3) is 0.400. The van der Waals surface area contributed by atoms with Gasteiger partial charge in [-0.25, -0.2) is 8.42 Å². The van der Waals surface area contributed by atoms with Crippen LogP contribution in [0.1, 0.15) is 5.56 Å². The zero-order chi connectivity index (χ0) is 12.3. The van der Waals surface area contributed by atoms with E-state index in [1.807, 2.05) is 0 Å². The number of carbonyl (C=O) groups excluding carboxylic acids is 1. The molecule has 1 saturated heterocycles. The summed E-state index contributed by atoms with van der Waals surface area (Å²) >= 11 is 0. The van der Waals surface area contributed by atoms with Gasteiger partial charge in [0.2, 0.25) is 15.9 Å². The van der Waals surface area contributed by atoms with Gasteiger partial charge in [0.1, 0.15) is 5.41 Å². The molecule has 1 aromatic heterocycles. The van der Waals surface area contributed by atoms with Gasteiger partial charge in [-0.1, -0.05) is 0 Å². The van der Waals surface area contributed by atoms with E-state index in [1.54, 1.807) is 18.5 Å². The molecular formula is C10H11N3O3S. The molecule has 1 aromatic rings. The molecule has 0 bridgehead atoms. The molecular weight excluding hydrogens is 242 g/mol. The second-order valence-electron chi connectivity index (χ2n) is 4.49. The highest BCUT2D eigenvalue weighted by Crippen LogP contribution is 2.44. The summed E-state index contributed by atoms with van der Waals surface area (Å²) in [5.41, 5.74) is 0.824. The van der Waals surface area contributed by atoms with Crippen LogP contribution in [-0.4, -0.2) is 43.0 Å². The van der Waals surface area contributed by atoms with Crippen molar-refractivity contribution < 1.29 is 13.2 Å². The van der Waals surface area contributed by atoms with Gasteiger partial charge in [0, 0.05) is 19.3 Å². The van der Waals surface area contributed by atoms with Gasteiger partial charge in [0.15, 0.2) is 0 Å². The fourth-order valence-corrected chi connectivity index (χ4v) is 3.29. The van der Waals surface area contributed by atoms with Crippen LogP contribution in [-0.2, 0) is 20.2 Å². The zero-order valence-electron chi connectivity index (χ0n) is 9.17. The van der Waals surface area contributed by atoms with Crippen molar-refractivity contribution in [1.29, 1.82) is 0 Å². The Bertz CT molecular complexity index is 605. The first-order valence-corrected chi connectivity index (χ1v) is 6.99. The number of carbonyl (C=O) groups is 1. The average molecular weight is 253 g/mol. The molecule has 1 fully saturated rings. The predicted molar refractivity (Wildman–Crippen MR) is 61.0 cm³/mol. The Morgan fingerprint density at radius 3 is 2.82 bits per heavy atom. The van der Waals surface area contributed by atoms with Crippen LogP contribution in [0.2, 0.25) is 0 Å². The minimum absolute atomic E-state index is 0.139. The molecule has 6 nitrogen and oxygen atoms in total. The lowest BCUT2D eigenvalue weighted by molar-refractivity contribution is -0.124. The summed E-state index contributed by atoms with van der Waals surface area (Å²) in [6.07, 6.45) is 4.36. The largest absolute Gasteiger partial charge is 0.324 e. The maximum Gasteiger partial charge on any atom is 0.237 e. The van der Waals surface area contributed by atoms with Gasteiger partial charge < -0.3 is 5.32 Å². The third kappa shape index (κ3) is 1.32. The predicted octanol–water partition coefficient (Wildman–Crippen LogP) is -0.453. The topological polar surface area (TPSA) is 79.4 Å².